The summed E-state index contributed by atoms with van der Waals surface area (Å²) in [6.45, 7) is 8.49. The van der Waals surface area contributed by atoms with Crippen LogP contribution in [0.25, 0.3) is 5.57 Å². The van der Waals surface area contributed by atoms with Crippen LogP contribution in [0.15, 0.2) is 49.0 Å². The van der Waals surface area contributed by atoms with E-state index in [0.29, 0.717) is 5.92 Å². The fourth-order valence-corrected chi connectivity index (χ4v) is 2.69. The van der Waals surface area contributed by atoms with Crippen LogP contribution in [0.2, 0.25) is 0 Å². The molecule has 116 valence electrons. The summed E-state index contributed by atoms with van der Waals surface area (Å²) in [7, 11) is 3.41. The van der Waals surface area contributed by atoms with E-state index in [1.54, 1.807) is 14.2 Å². The number of methoxy groups -OCH3 is 2. The third-order valence-corrected chi connectivity index (χ3v) is 3.78. The van der Waals surface area contributed by atoms with Crippen molar-refractivity contribution in [2.45, 2.75) is 26.2 Å². The molecule has 0 aliphatic heterocycles. The van der Waals surface area contributed by atoms with E-state index in [4.69, 9.17) is 9.47 Å². The van der Waals surface area contributed by atoms with Gasteiger partial charge in [-0.15, -0.1) is 0 Å². The Labute approximate surface area is 133 Å². The van der Waals surface area contributed by atoms with Crippen LogP contribution in [0.5, 0.6) is 11.5 Å². The number of allylic oxidation sites excluding steroid dienone is 1. The molecule has 0 bridgehead atoms. The second-order valence-corrected chi connectivity index (χ2v) is 5.72. The normalized spacial score (nSPS) is 10.6. The van der Waals surface area contributed by atoms with Gasteiger partial charge in [-0.1, -0.05) is 50.8 Å². The van der Waals surface area contributed by atoms with E-state index in [1.807, 2.05) is 18.2 Å². The van der Waals surface area contributed by atoms with Crippen LogP contribution >= 0.6 is 0 Å². The number of ether oxygens (including phenoxy) is 2. The first-order valence-electron chi connectivity index (χ1n) is 7.54. The van der Waals surface area contributed by atoms with Gasteiger partial charge in [-0.2, -0.15) is 0 Å². The molecule has 0 aliphatic rings. The van der Waals surface area contributed by atoms with Gasteiger partial charge in [-0.3, -0.25) is 0 Å². The van der Waals surface area contributed by atoms with Crippen molar-refractivity contribution in [1.82, 2.24) is 0 Å². The summed E-state index contributed by atoms with van der Waals surface area (Å²) >= 11 is 0. The molecule has 2 aromatic carbocycles. The molecule has 2 heteroatoms. The molecule has 2 aromatic rings. The van der Waals surface area contributed by atoms with Gasteiger partial charge in [-0.05, 0) is 41.2 Å². The largest absolute Gasteiger partial charge is 0.496 e. The Bertz CT molecular complexity index is 617. The molecule has 22 heavy (non-hydrogen) atoms. The fraction of sp³-hybridized carbons (Fsp3) is 0.300. The van der Waals surface area contributed by atoms with Gasteiger partial charge in [0.1, 0.15) is 11.5 Å². The summed E-state index contributed by atoms with van der Waals surface area (Å²) in [5.74, 6) is 2.10. The Morgan fingerprint density at radius 1 is 1.00 bits per heavy atom. The maximum absolute atomic E-state index is 5.57. The van der Waals surface area contributed by atoms with Crippen LogP contribution in [0.4, 0.5) is 0 Å². The van der Waals surface area contributed by atoms with Crippen LogP contribution < -0.4 is 9.47 Å². The molecule has 0 aromatic heterocycles. The topological polar surface area (TPSA) is 18.5 Å². The lowest BCUT2D eigenvalue weighted by atomic mass is 9.94. The first kappa shape index (κ1) is 16.2. The molecule has 0 unspecified atom stereocenters. The van der Waals surface area contributed by atoms with Gasteiger partial charge in [0.05, 0.1) is 14.2 Å². The highest BCUT2D eigenvalue weighted by Crippen LogP contribution is 2.37. The Balaban J connectivity index is 2.34. The molecule has 0 atom stereocenters. The van der Waals surface area contributed by atoms with Crippen LogP contribution in [0.3, 0.4) is 0 Å². The summed E-state index contributed by atoms with van der Waals surface area (Å²) in [5.41, 5.74) is 4.50. The molecular weight excluding hydrogens is 272 g/mol. The van der Waals surface area contributed by atoms with E-state index in [1.165, 1.54) is 0 Å². The van der Waals surface area contributed by atoms with Gasteiger partial charge < -0.3 is 9.47 Å². The van der Waals surface area contributed by atoms with Crippen molar-refractivity contribution in [1.29, 1.82) is 0 Å². The minimum absolute atomic E-state index is 0.344. The number of rotatable bonds is 6. The first-order valence-corrected chi connectivity index (χ1v) is 7.54. The maximum atomic E-state index is 5.57. The zero-order chi connectivity index (χ0) is 16.1. The van der Waals surface area contributed by atoms with Crippen molar-refractivity contribution < 1.29 is 9.47 Å². The minimum Gasteiger partial charge on any atom is -0.496 e. The molecule has 2 rings (SSSR count). The highest BCUT2D eigenvalue weighted by molar-refractivity contribution is 5.66. The van der Waals surface area contributed by atoms with Crippen molar-refractivity contribution >= 4 is 5.57 Å². The van der Waals surface area contributed by atoms with Gasteiger partial charge >= 0.3 is 0 Å². The van der Waals surface area contributed by atoms with Crippen LogP contribution in [-0.4, -0.2) is 14.2 Å². The average molecular weight is 296 g/mol. The van der Waals surface area contributed by atoms with E-state index < -0.39 is 0 Å². The fourth-order valence-electron chi connectivity index (χ4n) is 2.69. The average Bonchev–Trinajstić information content (AvgIpc) is 2.54. The number of hydrogen-bond acceptors (Lipinski definition) is 2. The van der Waals surface area contributed by atoms with E-state index in [9.17, 15) is 0 Å². The predicted molar refractivity (Wildman–Crippen MR) is 92.8 cm³/mol. The molecule has 0 radical (unpaired) electrons. The highest BCUT2D eigenvalue weighted by Gasteiger charge is 2.16. The molecule has 0 spiro atoms. The summed E-state index contributed by atoms with van der Waals surface area (Å²) in [6, 6.07) is 14.4. The molecule has 0 saturated carbocycles. The SMILES string of the molecule is C=C(Cc1cc(OC)c(C(C)C)c(OC)c1)c1ccccc1. The van der Waals surface area contributed by atoms with E-state index in [2.05, 4.69) is 44.7 Å². The summed E-state index contributed by atoms with van der Waals surface area (Å²) in [4.78, 5) is 0. The number of hydrogen-bond donors (Lipinski definition) is 0. The van der Waals surface area contributed by atoms with Crippen molar-refractivity contribution in [3.8, 4) is 11.5 Å². The highest BCUT2D eigenvalue weighted by atomic mass is 16.5. The van der Waals surface area contributed by atoms with Crippen molar-refractivity contribution in [3.63, 3.8) is 0 Å². The van der Waals surface area contributed by atoms with Gasteiger partial charge in [0.2, 0.25) is 0 Å². The first-order chi connectivity index (χ1) is 10.6. The number of benzene rings is 2. The molecule has 0 heterocycles. The summed E-state index contributed by atoms with van der Waals surface area (Å²) in [5, 5.41) is 0. The second kappa shape index (κ2) is 7.17. The lowest BCUT2D eigenvalue weighted by Gasteiger charge is -2.18. The monoisotopic (exact) mass is 296 g/mol. The predicted octanol–water partition coefficient (Wildman–Crippen LogP) is 5.08. The van der Waals surface area contributed by atoms with Crippen molar-refractivity contribution in [3.05, 3.63) is 65.7 Å². The molecule has 0 aliphatic carbocycles. The van der Waals surface area contributed by atoms with E-state index in [0.717, 1.165) is 40.2 Å². The molecule has 0 amide bonds. The van der Waals surface area contributed by atoms with Gasteiger partial charge in [0.15, 0.2) is 0 Å². The van der Waals surface area contributed by atoms with Crippen LogP contribution in [0.1, 0.15) is 36.5 Å². The van der Waals surface area contributed by atoms with E-state index in [-0.39, 0.29) is 0 Å². The zero-order valence-corrected chi connectivity index (χ0v) is 13.8. The minimum atomic E-state index is 0.344. The van der Waals surface area contributed by atoms with Crippen LogP contribution in [-0.2, 0) is 6.42 Å². The van der Waals surface area contributed by atoms with Gasteiger partial charge in [0.25, 0.3) is 0 Å². The lowest BCUT2D eigenvalue weighted by Crippen LogP contribution is -2.01. The van der Waals surface area contributed by atoms with Crippen molar-refractivity contribution in [2.24, 2.45) is 0 Å². The zero-order valence-electron chi connectivity index (χ0n) is 13.8. The second-order valence-electron chi connectivity index (χ2n) is 5.72. The molecule has 0 fully saturated rings. The standard InChI is InChI=1S/C20H24O2/c1-14(2)20-18(21-4)12-16(13-19(20)22-5)11-15(3)17-9-7-6-8-10-17/h6-10,12-14H,3,11H2,1-2,4-5H3. The molecule has 0 N–H and O–H groups in total. The lowest BCUT2D eigenvalue weighted by molar-refractivity contribution is 0.381. The third kappa shape index (κ3) is 3.51. The Morgan fingerprint density at radius 3 is 2.00 bits per heavy atom. The molecule has 2 nitrogen and oxygen atoms in total. The molecule has 0 saturated heterocycles. The molecular formula is C20H24O2. The third-order valence-electron chi connectivity index (χ3n) is 3.78. The van der Waals surface area contributed by atoms with Crippen molar-refractivity contribution in [2.75, 3.05) is 14.2 Å². The van der Waals surface area contributed by atoms with Gasteiger partial charge in [0, 0.05) is 5.56 Å². The Kier molecular flexibility index (Phi) is 5.26. The Morgan fingerprint density at radius 2 is 1.55 bits per heavy atom. The quantitative estimate of drug-likeness (QED) is 0.739. The van der Waals surface area contributed by atoms with Crippen LogP contribution in [0, 0.1) is 0 Å². The maximum Gasteiger partial charge on any atom is 0.126 e. The van der Waals surface area contributed by atoms with E-state index >= 15 is 0 Å². The summed E-state index contributed by atoms with van der Waals surface area (Å²) in [6.07, 6.45) is 0.773. The smallest absolute Gasteiger partial charge is 0.126 e. The van der Waals surface area contributed by atoms with Gasteiger partial charge in [-0.25, -0.2) is 0 Å². The Hall–Kier alpha value is -2.22. The summed E-state index contributed by atoms with van der Waals surface area (Å²) < 4.78 is 11.1.